The Kier molecular flexibility index (Phi) is 21.9. The lowest BCUT2D eigenvalue weighted by atomic mass is 9.88. The van der Waals surface area contributed by atoms with Crippen LogP contribution in [0.25, 0.3) is 32.3 Å². The largest absolute Gasteiger partial charge is 0.492 e. The van der Waals surface area contributed by atoms with Crippen LogP contribution in [0.15, 0.2) is 46.2 Å². The summed E-state index contributed by atoms with van der Waals surface area (Å²) in [5, 5.41) is 17.7. The van der Waals surface area contributed by atoms with Crippen molar-refractivity contribution < 1.29 is 70.6 Å². The molecular formula is C45H71N7O16S4. The first kappa shape index (κ1) is 60.6. The van der Waals surface area contributed by atoms with E-state index < -0.39 is 84.1 Å². The molecule has 0 spiro atoms. The highest BCUT2D eigenvalue weighted by atomic mass is 32.3. The van der Waals surface area contributed by atoms with Crippen molar-refractivity contribution in [1.82, 2.24) is 19.2 Å². The highest BCUT2D eigenvalue weighted by Crippen LogP contribution is 2.47. The zero-order chi connectivity index (χ0) is 53.8. The van der Waals surface area contributed by atoms with Gasteiger partial charge in [0.1, 0.15) is 17.6 Å². The molecule has 0 heterocycles. The number of carboxylic acids is 1. The molecule has 406 valence electrons. The number of carbonyl (C=O) groups is 2. The molecule has 9 N–H and O–H groups in total. The van der Waals surface area contributed by atoms with Gasteiger partial charge in [0, 0.05) is 85.4 Å². The molecule has 0 bridgehead atoms. The molecule has 72 heavy (non-hydrogen) atoms. The summed E-state index contributed by atoms with van der Waals surface area (Å²) < 4.78 is 143. The van der Waals surface area contributed by atoms with E-state index >= 15 is 0 Å². The summed E-state index contributed by atoms with van der Waals surface area (Å²) >= 11 is 0. The molecule has 4 aromatic rings. The Morgan fingerprint density at radius 1 is 0.653 bits per heavy atom. The quantitative estimate of drug-likeness (QED) is 0.0198. The lowest BCUT2D eigenvalue weighted by molar-refractivity contribution is -0.139. The minimum Gasteiger partial charge on any atom is -0.492 e. The van der Waals surface area contributed by atoms with Crippen molar-refractivity contribution in [2.75, 3.05) is 92.2 Å². The second-order valence-corrected chi connectivity index (χ2v) is 24.4. The third kappa shape index (κ3) is 15.8. The van der Waals surface area contributed by atoms with E-state index in [1.807, 2.05) is 0 Å². The summed E-state index contributed by atoms with van der Waals surface area (Å²) in [6.07, 6.45) is 4.00. The fourth-order valence-electron chi connectivity index (χ4n) is 8.34. The fraction of sp³-hybridized carbons (Fsp3) is 0.600. The topological polar surface area (TPSA) is 345 Å². The molecule has 0 aliphatic heterocycles. The van der Waals surface area contributed by atoms with Crippen LogP contribution in [0.4, 0.5) is 5.69 Å². The van der Waals surface area contributed by atoms with Gasteiger partial charge >= 0.3 is 26.8 Å². The van der Waals surface area contributed by atoms with Crippen molar-refractivity contribution in [3.05, 3.63) is 36.4 Å². The van der Waals surface area contributed by atoms with Gasteiger partial charge in [0.2, 0.25) is 20.0 Å². The van der Waals surface area contributed by atoms with Gasteiger partial charge in [-0.1, -0.05) is 38.0 Å². The highest BCUT2D eigenvalue weighted by Gasteiger charge is 2.36. The maximum atomic E-state index is 14.9. The summed E-state index contributed by atoms with van der Waals surface area (Å²) in [6, 6.07) is 7.84. The van der Waals surface area contributed by atoms with E-state index in [2.05, 4.69) is 19.0 Å². The Morgan fingerprint density at radius 3 is 1.53 bits per heavy atom. The van der Waals surface area contributed by atoms with Crippen molar-refractivity contribution in [2.24, 2.45) is 16.9 Å². The Balaban J connectivity index is 1.91. The molecule has 2 atom stereocenters. The minimum atomic E-state index is -5.05. The van der Waals surface area contributed by atoms with Gasteiger partial charge in [-0.2, -0.15) is 16.8 Å². The molecule has 0 aliphatic carbocycles. The number of nitrogens with two attached hydrogens (primary N) is 2. The number of benzene rings is 4. The second-order valence-electron chi connectivity index (χ2n) is 18.1. The second kappa shape index (κ2) is 26.0. The first-order chi connectivity index (χ1) is 33.6. The van der Waals surface area contributed by atoms with Crippen molar-refractivity contribution in [1.29, 1.82) is 0 Å². The average molecular weight is 1090 g/mol. The minimum absolute atomic E-state index is 0.0200. The zero-order valence-corrected chi connectivity index (χ0v) is 44.9. The van der Waals surface area contributed by atoms with Gasteiger partial charge in [-0.15, -0.1) is 0 Å². The molecule has 0 saturated carbocycles. The molecule has 23 nitrogen and oxygen atoms in total. The molecule has 2 unspecified atom stereocenters. The van der Waals surface area contributed by atoms with Crippen LogP contribution in [-0.4, -0.2) is 168 Å². The molecule has 4 rings (SSSR count). The van der Waals surface area contributed by atoms with Crippen LogP contribution in [0.5, 0.6) is 5.75 Å². The van der Waals surface area contributed by atoms with Crippen LogP contribution in [0.3, 0.4) is 0 Å². The number of anilines is 1. The number of rotatable bonds is 35. The Labute approximate surface area is 423 Å². The van der Waals surface area contributed by atoms with Crippen molar-refractivity contribution in [2.45, 2.75) is 93.5 Å². The highest BCUT2D eigenvalue weighted by molar-refractivity contribution is 7.90. The summed E-state index contributed by atoms with van der Waals surface area (Å²) in [6.45, 7) is 2.04. The van der Waals surface area contributed by atoms with Crippen LogP contribution >= 0.6 is 0 Å². The van der Waals surface area contributed by atoms with Gasteiger partial charge in [-0.3, -0.25) is 18.7 Å². The number of ketones is 1. The predicted molar refractivity (Wildman–Crippen MR) is 274 cm³/mol. The number of nitrogens with zero attached hydrogens (tertiary/aromatic N) is 3. The van der Waals surface area contributed by atoms with Gasteiger partial charge < -0.3 is 36.8 Å². The van der Waals surface area contributed by atoms with Crippen LogP contribution in [-0.2, 0) is 58.8 Å². The zero-order valence-electron chi connectivity index (χ0n) is 41.6. The number of Topliss-reactive ketones (excluding diaryl/α,β-unsaturated/α-hetero) is 1. The first-order valence-electron chi connectivity index (χ1n) is 23.5. The maximum absolute atomic E-state index is 14.9. The molecule has 0 aliphatic rings. The summed E-state index contributed by atoms with van der Waals surface area (Å²) in [7, 11) is -13.0. The third-order valence-electron chi connectivity index (χ3n) is 12.7. The number of carboxylic acid groups (broad SMARTS) is 1. The molecule has 0 aromatic heterocycles. The number of carbonyl (C=O) groups excluding carboxylic acids is 1. The molecule has 0 fully saturated rings. The molecule has 0 saturated heterocycles. The number of hydrogen-bond donors (Lipinski definition) is 7. The Bertz CT molecular complexity index is 2810. The monoisotopic (exact) mass is 1090 g/mol. The third-order valence-corrected chi connectivity index (χ3v) is 17.3. The summed E-state index contributed by atoms with van der Waals surface area (Å²) in [5.41, 5.74) is 10.1. The van der Waals surface area contributed by atoms with Crippen molar-refractivity contribution >= 4 is 90.6 Å². The molecular weight excluding hydrogens is 1020 g/mol. The number of hydrogen-bond acceptors (Lipinski definition) is 18. The van der Waals surface area contributed by atoms with Gasteiger partial charge in [-0.05, 0) is 90.2 Å². The number of ether oxygens (including phenoxy) is 1. The predicted octanol–water partition coefficient (Wildman–Crippen LogP) is 2.93. The Morgan fingerprint density at radius 2 is 1.10 bits per heavy atom. The van der Waals surface area contributed by atoms with E-state index in [0.29, 0.717) is 67.2 Å². The normalized spacial score (nSPS) is 14.0. The first-order valence-corrected chi connectivity index (χ1v) is 29.1. The Hall–Kier alpha value is -3.94. The van der Waals surface area contributed by atoms with Crippen LogP contribution in [0.2, 0.25) is 0 Å². The molecule has 27 heteroatoms. The number of nitrogens with one attached hydrogen (secondary N) is 2. The van der Waals surface area contributed by atoms with E-state index in [0.717, 1.165) is 27.5 Å². The number of unbranched alkanes of at least 4 members (excludes halogenated alkanes) is 2. The number of sulfonamides is 2. The average Bonchev–Trinajstić information content (AvgIpc) is 3.30. The molecule has 0 amide bonds. The lowest BCUT2D eigenvalue weighted by Crippen LogP contribution is -2.39. The lowest BCUT2D eigenvalue weighted by Gasteiger charge is -2.31. The van der Waals surface area contributed by atoms with E-state index in [1.165, 1.54) is 34.0 Å². The van der Waals surface area contributed by atoms with Gasteiger partial charge in [0.15, 0.2) is 0 Å². The van der Waals surface area contributed by atoms with Crippen LogP contribution in [0.1, 0.15) is 71.6 Å². The van der Waals surface area contributed by atoms with Crippen molar-refractivity contribution in [3.63, 3.8) is 0 Å². The van der Waals surface area contributed by atoms with E-state index in [9.17, 15) is 57.5 Å². The fourth-order valence-corrected chi connectivity index (χ4v) is 12.0. The summed E-state index contributed by atoms with van der Waals surface area (Å²) in [5.74, 6) is -1.01. The van der Waals surface area contributed by atoms with Crippen molar-refractivity contribution in [3.8, 4) is 5.75 Å². The number of aliphatic carboxylic acids is 1. The summed E-state index contributed by atoms with van der Waals surface area (Å²) in [4.78, 5) is 25.3. The standard InChI is InChI=1S/C45H71N7O16S4/c1-7-45(29-67-71(60,61)62,30-68-72(63,64)65)28-66-39-26-38(50(3)4)32-16-18-34-40(69(56,57)51(5)24-12-22-48-36(31(2)53)14-8-10-20-46)27-41(35-19-17-33(39)42(32)43(34)35)70(58,59)52(6)25-13-23-49-37(44(54)55)15-9-11-21-47/h16-19,26-27,36-37,48-49H,7-15,20-25,28-30,46-47H2,1-6H3,(H,54,55)(H,60,61,62)(H,63,64,65). The van der Waals surface area contributed by atoms with Gasteiger partial charge in [0.05, 0.1) is 41.1 Å². The smallest absolute Gasteiger partial charge is 0.397 e. The molecule has 0 radical (unpaired) electrons. The van der Waals surface area contributed by atoms with Crippen LogP contribution < -0.4 is 31.7 Å². The van der Waals surface area contributed by atoms with E-state index in [4.69, 9.17) is 16.2 Å². The van der Waals surface area contributed by atoms with E-state index in [-0.39, 0.29) is 76.4 Å². The molecule has 4 aromatic carbocycles. The van der Waals surface area contributed by atoms with Gasteiger partial charge in [0.25, 0.3) is 0 Å². The van der Waals surface area contributed by atoms with Gasteiger partial charge in [-0.25, -0.2) is 33.8 Å². The van der Waals surface area contributed by atoms with E-state index in [1.54, 1.807) is 43.3 Å². The maximum Gasteiger partial charge on any atom is 0.397 e. The van der Waals surface area contributed by atoms with Crippen LogP contribution in [0, 0.1) is 5.41 Å². The SMILES string of the molecule is CCC(COc1cc(N(C)C)c2ccc3c(S(=O)(=O)N(C)CCCNC(CCCCN)C(C)=O)cc(S(=O)(=O)N(C)CCCNC(CCCCN)C(=O)O)c4ccc1c2c34)(COS(=O)(=O)O)COS(=O)(=O)O.